The second-order valence-electron chi connectivity index (χ2n) is 34.7. The van der Waals surface area contributed by atoms with Gasteiger partial charge in [0.1, 0.15) is 44.1 Å². The summed E-state index contributed by atoms with van der Waals surface area (Å²) in [5, 5.41) is 37.3. The van der Waals surface area contributed by atoms with E-state index >= 15 is 0 Å². The molecule has 16 nitrogen and oxygen atoms in total. The number of hydrogen-bond donors (Lipinski definition) is 0. The lowest BCUT2D eigenvalue weighted by Crippen LogP contribution is -2.10. The molecule has 0 aliphatic carbocycles. The molecule has 672 valence electrons. The second-order valence-corrected chi connectivity index (χ2v) is 34.7. The Hall–Kier alpha value is -19.6. The SMILES string of the molecule is c1ccc(N(c2ccc(-c3ccc(-c4ccc(-c5ccc(N(c6ccccc6)c6ccc(-n7nc8ccccc8n7)cc6)cc5)cc4)cc3)cc2)c2ccc(-n3nc4ccccc4n3)cc2)cc1.c1ccc(N(c2ccc(-c3ccc(-c4ccc(N(c5ccccc5)c5ccc(-c6ccc(-n7nc8ccccc8n7)cc6)cc5)cc4)cc3)cc2)c2ccc(-c3ccc(-n4nc5ccccc5n4)cc3)cc2)cc1. The third kappa shape index (κ3) is 17.8. The molecule has 0 aliphatic rings. The monoisotopic (exact) mass is 1820 g/mol. The highest BCUT2D eigenvalue weighted by Crippen LogP contribution is 2.44. The quantitative estimate of drug-likeness (QED) is 0.0603. The lowest BCUT2D eigenvalue weighted by Gasteiger charge is -2.26. The molecule has 142 heavy (non-hydrogen) atoms. The van der Waals surface area contributed by atoms with Gasteiger partial charge in [-0.2, -0.15) is 19.2 Å². The van der Waals surface area contributed by atoms with Crippen molar-refractivity contribution < 1.29 is 0 Å². The Bertz CT molecular complexity index is 8010. The van der Waals surface area contributed by atoms with Crippen LogP contribution in [0.1, 0.15) is 0 Å². The van der Waals surface area contributed by atoms with Gasteiger partial charge in [-0.25, -0.2) is 0 Å². The second kappa shape index (κ2) is 38.3. The summed E-state index contributed by atoms with van der Waals surface area (Å²) in [5.74, 6) is 0. The van der Waals surface area contributed by atoms with Crippen LogP contribution in [0.2, 0.25) is 0 Å². The molecule has 0 N–H and O–H groups in total. The van der Waals surface area contributed by atoms with E-state index in [9.17, 15) is 0 Å². The maximum Gasteiger partial charge on any atom is 0.113 e. The molecule has 0 radical (unpaired) electrons. The molecule has 0 atom stereocenters. The first-order chi connectivity index (χ1) is 70.3. The summed E-state index contributed by atoms with van der Waals surface area (Å²) < 4.78 is 0. The van der Waals surface area contributed by atoms with Gasteiger partial charge in [0.05, 0.1) is 22.7 Å². The van der Waals surface area contributed by atoms with Crippen molar-refractivity contribution >= 4 is 112 Å². The van der Waals surface area contributed by atoms with Crippen LogP contribution in [-0.4, -0.2) is 60.0 Å². The molecule has 4 aromatic heterocycles. The largest absolute Gasteiger partial charge is 0.311 e. The summed E-state index contributed by atoms with van der Waals surface area (Å²) in [6.07, 6.45) is 0. The first-order valence-electron chi connectivity index (χ1n) is 47.3. The summed E-state index contributed by atoms with van der Waals surface area (Å²) in [6, 6.07) is 186. The zero-order valence-electron chi connectivity index (χ0n) is 77.0. The number of fused-ring (bicyclic) bond motifs is 4. The van der Waals surface area contributed by atoms with E-state index < -0.39 is 0 Å². The van der Waals surface area contributed by atoms with Crippen molar-refractivity contribution in [3.63, 3.8) is 0 Å². The van der Waals surface area contributed by atoms with Crippen LogP contribution in [0.25, 0.3) is 145 Å². The number of aromatic nitrogens is 12. The van der Waals surface area contributed by atoms with Gasteiger partial charge < -0.3 is 19.6 Å². The van der Waals surface area contributed by atoms with Gasteiger partial charge in [-0.15, -0.1) is 40.8 Å². The van der Waals surface area contributed by atoms with Crippen LogP contribution < -0.4 is 19.6 Å². The van der Waals surface area contributed by atoms with Crippen LogP contribution in [-0.2, 0) is 0 Å². The summed E-state index contributed by atoms with van der Waals surface area (Å²) in [6.45, 7) is 0. The zero-order valence-corrected chi connectivity index (χ0v) is 77.0. The van der Waals surface area contributed by atoms with E-state index in [1.165, 1.54) is 11.1 Å². The Labute approximate surface area is 821 Å². The third-order valence-electron chi connectivity index (χ3n) is 25.8. The Morgan fingerprint density at radius 2 is 0.197 bits per heavy atom. The first-order valence-corrected chi connectivity index (χ1v) is 47.3. The van der Waals surface area contributed by atoms with Gasteiger partial charge in [0.2, 0.25) is 0 Å². The normalized spacial score (nSPS) is 11.2. The van der Waals surface area contributed by atoms with Crippen LogP contribution in [0.5, 0.6) is 0 Å². The Kier molecular flexibility index (Phi) is 23.0. The van der Waals surface area contributed by atoms with E-state index in [4.69, 9.17) is 0 Å². The average Bonchev–Trinajstić information content (AvgIpc) is 1.39. The van der Waals surface area contributed by atoms with Crippen molar-refractivity contribution in [1.82, 2.24) is 60.0 Å². The molecule has 16 heteroatoms. The zero-order chi connectivity index (χ0) is 94.4. The molecule has 0 saturated heterocycles. The average molecular weight is 1830 g/mol. The molecule has 21 aromatic carbocycles. The van der Waals surface area contributed by atoms with Gasteiger partial charge in [0, 0.05) is 68.2 Å². The van der Waals surface area contributed by atoms with Gasteiger partial charge in [-0.05, 0) is 321 Å². The number of anilines is 12. The molecular weight excluding hydrogens is 1740 g/mol. The minimum Gasteiger partial charge on any atom is -0.311 e. The van der Waals surface area contributed by atoms with Crippen molar-refractivity contribution in [2.75, 3.05) is 19.6 Å². The van der Waals surface area contributed by atoms with Crippen LogP contribution in [0.4, 0.5) is 68.2 Å². The molecule has 0 bridgehead atoms. The van der Waals surface area contributed by atoms with Gasteiger partial charge >= 0.3 is 0 Å². The number of hydrogen-bond acceptors (Lipinski definition) is 12. The topological polar surface area (TPSA) is 136 Å². The van der Waals surface area contributed by atoms with Crippen molar-refractivity contribution in [1.29, 1.82) is 0 Å². The molecule has 0 aliphatic heterocycles. The maximum absolute atomic E-state index is 4.67. The highest BCUT2D eigenvalue weighted by molar-refractivity contribution is 5.88. The third-order valence-corrected chi connectivity index (χ3v) is 25.8. The fraction of sp³-hybridized carbons (Fsp3) is 0. The number of nitrogens with zero attached hydrogens (tertiary/aromatic N) is 16. The first kappa shape index (κ1) is 85.3. The minimum atomic E-state index is 0.871. The minimum absolute atomic E-state index is 0.871. The van der Waals surface area contributed by atoms with E-state index in [2.05, 4.69) is 485 Å². The van der Waals surface area contributed by atoms with Crippen molar-refractivity contribution in [2.45, 2.75) is 0 Å². The van der Waals surface area contributed by atoms with Crippen LogP contribution in [0.3, 0.4) is 0 Å². The summed E-state index contributed by atoms with van der Waals surface area (Å²) in [5.41, 5.74) is 39.7. The van der Waals surface area contributed by atoms with Crippen LogP contribution in [0, 0.1) is 0 Å². The Balaban J connectivity index is 0.000000154. The van der Waals surface area contributed by atoms with Gasteiger partial charge in [-0.3, -0.25) is 0 Å². The van der Waals surface area contributed by atoms with Crippen LogP contribution >= 0.6 is 0 Å². The van der Waals surface area contributed by atoms with Crippen LogP contribution in [0.15, 0.2) is 534 Å². The summed E-state index contributed by atoms with van der Waals surface area (Å²) in [4.78, 5) is 15.9. The predicted molar refractivity (Wildman–Crippen MR) is 579 cm³/mol. The van der Waals surface area contributed by atoms with Gasteiger partial charge in [0.25, 0.3) is 0 Å². The standard InChI is InChI=1S/C66H46N8.C60H42N8/c1-3-11-55(12-4-1)71(59-39-27-51(28-40-59)53-31-43-61(44-32-53)73-67-63-15-7-8-16-64(63)68-73)57-35-23-49(24-36-57)47-19-21-48(22-20-47)50-25-37-58(38-26-50)72(56-13-5-2-6-14-56)60-41-29-52(30-42-60)54-33-45-62(46-34-54)74-69-65-17-9-10-18-66(65)70-74;1-3-11-49(12-4-1)65(53-35-39-55(40-36-53)67-61-57-15-7-8-16-58(57)62-67)51-31-27-47(28-32-51)45-23-19-43(20-24-45)44-21-25-46(26-22-44)48-29-33-52(34-30-48)66(50-13-5-2-6-14-50)54-37-41-56(42-38-54)68-63-59-17-9-10-18-60(59)64-68/h1-46H;1-42H. The molecule has 0 unspecified atom stereocenters. The Morgan fingerprint density at radius 3 is 0.338 bits per heavy atom. The van der Waals surface area contributed by atoms with Gasteiger partial charge in [0.15, 0.2) is 0 Å². The van der Waals surface area contributed by atoms with Crippen molar-refractivity contribution in [2.24, 2.45) is 0 Å². The number of para-hydroxylation sites is 4. The molecular formula is C126H88N16. The highest BCUT2D eigenvalue weighted by atomic mass is 15.5. The van der Waals surface area contributed by atoms with Crippen molar-refractivity contribution in [3.8, 4) is 101 Å². The summed E-state index contributed by atoms with van der Waals surface area (Å²) in [7, 11) is 0. The lowest BCUT2D eigenvalue weighted by molar-refractivity contribution is 0.765. The highest BCUT2D eigenvalue weighted by Gasteiger charge is 2.22. The molecule has 25 aromatic rings. The van der Waals surface area contributed by atoms with E-state index in [0.717, 1.165) is 202 Å². The van der Waals surface area contributed by atoms with E-state index in [0.29, 0.717) is 0 Å². The summed E-state index contributed by atoms with van der Waals surface area (Å²) >= 11 is 0. The molecule has 4 heterocycles. The molecule has 0 fully saturated rings. The molecule has 0 saturated carbocycles. The molecule has 0 amide bonds. The van der Waals surface area contributed by atoms with E-state index in [-0.39, 0.29) is 0 Å². The molecule has 0 spiro atoms. The lowest BCUT2D eigenvalue weighted by atomic mass is 9.98. The fourth-order valence-electron chi connectivity index (χ4n) is 18.4. The van der Waals surface area contributed by atoms with Crippen molar-refractivity contribution in [3.05, 3.63) is 534 Å². The van der Waals surface area contributed by atoms with E-state index in [1.807, 2.05) is 109 Å². The Morgan fingerprint density at radius 1 is 0.0986 bits per heavy atom. The smallest absolute Gasteiger partial charge is 0.113 e. The maximum atomic E-state index is 4.67. The van der Waals surface area contributed by atoms with Gasteiger partial charge in [-0.1, -0.05) is 291 Å². The molecule has 25 rings (SSSR count). The number of rotatable bonds is 23. The number of benzene rings is 21. The van der Waals surface area contributed by atoms with E-state index in [1.54, 1.807) is 19.2 Å². The predicted octanol–water partition coefficient (Wildman–Crippen LogP) is 31.9. The fourth-order valence-corrected chi connectivity index (χ4v) is 18.4.